The molecule has 9 heteroatoms. The van der Waals surface area contributed by atoms with Gasteiger partial charge in [-0.05, 0) is 77.0 Å². The second-order valence-electron chi connectivity index (χ2n) is 23.0. The molecule has 448 valence electrons. The van der Waals surface area contributed by atoms with Crippen LogP contribution in [0.5, 0.6) is 0 Å². The van der Waals surface area contributed by atoms with E-state index >= 15 is 0 Å². The van der Waals surface area contributed by atoms with Gasteiger partial charge in [-0.3, -0.25) is 9.59 Å². The molecule has 0 aliphatic heterocycles. The summed E-state index contributed by atoms with van der Waals surface area (Å²) in [7, 11) is 5.92. The SMILES string of the molecule is CC/C=C\C/C=C\C/C=C\C/C=C\CCCCCCCCC(=O)OC(COC(=O)CCCCCCCCCCCCCCCCCCCCCCC/C=C\CCCCCCCCCC)COC(OCC[N+](C)(C)C)C(=O)[O-]. The molecule has 0 N–H and O–H groups in total. The molecule has 2 unspecified atom stereocenters. The summed E-state index contributed by atoms with van der Waals surface area (Å²) in [6, 6.07) is 0. The second-order valence-corrected chi connectivity index (χ2v) is 23.0. The van der Waals surface area contributed by atoms with E-state index in [0.717, 1.165) is 83.5 Å². The van der Waals surface area contributed by atoms with Crippen molar-refractivity contribution in [1.29, 1.82) is 0 Å². The van der Waals surface area contributed by atoms with Gasteiger partial charge in [-0.2, -0.15) is 0 Å². The third kappa shape index (κ3) is 60.5. The predicted molar refractivity (Wildman–Crippen MR) is 325 cm³/mol. The Morgan fingerprint density at radius 1 is 0.403 bits per heavy atom. The average molecular weight is 1080 g/mol. The number of ether oxygens (including phenoxy) is 4. The van der Waals surface area contributed by atoms with Crippen molar-refractivity contribution in [2.45, 2.75) is 309 Å². The molecule has 0 aromatic rings. The van der Waals surface area contributed by atoms with Gasteiger partial charge in [0.15, 0.2) is 12.4 Å². The monoisotopic (exact) mass is 1080 g/mol. The molecule has 0 aliphatic rings. The molecule has 2 atom stereocenters. The maximum Gasteiger partial charge on any atom is 0.306 e. The number of carbonyl (C=O) groups is 3. The molecule has 0 aromatic heterocycles. The van der Waals surface area contributed by atoms with Gasteiger partial charge >= 0.3 is 11.9 Å². The van der Waals surface area contributed by atoms with Gasteiger partial charge in [-0.25, -0.2) is 0 Å². The van der Waals surface area contributed by atoms with Gasteiger partial charge in [0.05, 0.1) is 40.3 Å². The Kier molecular flexibility index (Phi) is 56.8. The van der Waals surface area contributed by atoms with E-state index in [4.69, 9.17) is 18.9 Å². The van der Waals surface area contributed by atoms with Crippen LogP contribution >= 0.6 is 0 Å². The molecule has 9 nitrogen and oxygen atoms in total. The van der Waals surface area contributed by atoms with E-state index in [9.17, 15) is 19.5 Å². The minimum absolute atomic E-state index is 0.144. The lowest BCUT2D eigenvalue weighted by Crippen LogP contribution is -2.44. The highest BCUT2D eigenvalue weighted by atomic mass is 16.7. The van der Waals surface area contributed by atoms with Crippen molar-refractivity contribution < 1.29 is 42.9 Å². The standard InChI is InChI=1S/C68H123NO8/c1-6-8-10-12-14-16-18-20-22-24-26-27-28-29-30-31-32-33-34-35-36-37-38-39-41-42-44-46-48-50-52-54-56-58-65(70)75-62-64(63-76-68(67(72)73)74-61-60-69(3,4)5)77-66(71)59-57-55-53-51-49-47-45-43-40-25-23-21-19-17-15-13-11-9-7-2/h9,11,15,17,21,23-24,26,40,43,64,68H,6-8,10,12-14,16,18-20,22,25,27-39,41-42,44-63H2,1-5H3/b11-9-,17-15-,23-21-,26-24-,43-40-. The van der Waals surface area contributed by atoms with Gasteiger partial charge in [0.25, 0.3) is 0 Å². The predicted octanol–water partition coefficient (Wildman–Crippen LogP) is 18.2. The lowest BCUT2D eigenvalue weighted by molar-refractivity contribution is -0.870. The van der Waals surface area contributed by atoms with Gasteiger partial charge < -0.3 is 33.3 Å². The molecule has 0 rings (SSSR count). The number of likely N-dealkylation sites (N-methyl/N-ethyl adjacent to an activating group) is 1. The Balaban J connectivity index is 4.07. The Labute approximate surface area is 475 Å². The number of carboxylic acids is 1. The topological polar surface area (TPSA) is 111 Å². The van der Waals surface area contributed by atoms with Crippen LogP contribution in [-0.4, -0.2) is 82.3 Å². The van der Waals surface area contributed by atoms with Crippen molar-refractivity contribution in [3.63, 3.8) is 0 Å². The number of rotatable bonds is 60. The van der Waals surface area contributed by atoms with Gasteiger partial charge in [0, 0.05) is 12.8 Å². The first-order valence-corrected chi connectivity index (χ1v) is 32.4. The Morgan fingerprint density at radius 2 is 0.740 bits per heavy atom. The molecule has 0 bridgehead atoms. The molecule has 0 fully saturated rings. The zero-order valence-electron chi connectivity index (χ0n) is 51.1. The summed E-state index contributed by atoms with van der Waals surface area (Å²) in [5.41, 5.74) is 0. The highest BCUT2D eigenvalue weighted by molar-refractivity contribution is 5.70. The summed E-state index contributed by atoms with van der Waals surface area (Å²) < 4.78 is 22.7. The summed E-state index contributed by atoms with van der Waals surface area (Å²) >= 11 is 0. The molecule has 0 radical (unpaired) electrons. The van der Waals surface area contributed by atoms with Gasteiger partial charge in [0.2, 0.25) is 0 Å². The summed E-state index contributed by atoms with van der Waals surface area (Å²) in [6.07, 6.45) is 73.0. The normalized spacial score (nSPS) is 13.1. The highest BCUT2D eigenvalue weighted by Gasteiger charge is 2.22. The maximum absolute atomic E-state index is 12.9. The van der Waals surface area contributed by atoms with Crippen molar-refractivity contribution in [2.75, 3.05) is 47.5 Å². The van der Waals surface area contributed by atoms with Crippen LogP contribution in [0.15, 0.2) is 60.8 Å². The third-order valence-electron chi connectivity index (χ3n) is 14.2. The Morgan fingerprint density at radius 3 is 1.12 bits per heavy atom. The van der Waals surface area contributed by atoms with E-state index in [-0.39, 0.29) is 32.2 Å². The first-order chi connectivity index (χ1) is 37.6. The van der Waals surface area contributed by atoms with Crippen LogP contribution in [-0.2, 0) is 33.3 Å². The number of unbranched alkanes of at least 4 members (excludes halogenated alkanes) is 35. The first-order valence-electron chi connectivity index (χ1n) is 32.4. The van der Waals surface area contributed by atoms with Gasteiger partial charge in [-0.15, -0.1) is 0 Å². The first kappa shape index (κ1) is 74.0. The zero-order chi connectivity index (χ0) is 56.2. The van der Waals surface area contributed by atoms with Crippen molar-refractivity contribution in [3.8, 4) is 0 Å². The number of carbonyl (C=O) groups excluding carboxylic acids is 3. The summed E-state index contributed by atoms with van der Waals surface area (Å²) in [5, 5.41) is 11.8. The Hall–Kier alpha value is -3.01. The number of hydrogen-bond acceptors (Lipinski definition) is 8. The minimum atomic E-state index is -1.63. The van der Waals surface area contributed by atoms with E-state index in [1.54, 1.807) is 0 Å². The molecule has 0 aliphatic carbocycles. The van der Waals surface area contributed by atoms with Crippen LogP contribution in [0.3, 0.4) is 0 Å². The van der Waals surface area contributed by atoms with E-state index in [0.29, 0.717) is 23.9 Å². The van der Waals surface area contributed by atoms with Crippen molar-refractivity contribution in [2.24, 2.45) is 0 Å². The summed E-state index contributed by atoms with van der Waals surface area (Å²) in [6.45, 7) is 4.65. The molecule has 0 aromatic carbocycles. The largest absolute Gasteiger partial charge is 0.545 e. The van der Waals surface area contributed by atoms with Crippen molar-refractivity contribution in [3.05, 3.63) is 60.8 Å². The van der Waals surface area contributed by atoms with E-state index in [1.165, 1.54) is 180 Å². The quantitative estimate of drug-likeness (QED) is 0.0195. The van der Waals surface area contributed by atoms with E-state index in [1.807, 2.05) is 21.1 Å². The van der Waals surface area contributed by atoms with E-state index < -0.39 is 24.3 Å². The fourth-order valence-corrected chi connectivity index (χ4v) is 9.29. The van der Waals surface area contributed by atoms with E-state index in [2.05, 4.69) is 74.6 Å². The smallest absolute Gasteiger partial charge is 0.306 e. The lowest BCUT2D eigenvalue weighted by atomic mass is 10.0. The average Bonchev–Trinajstić information content (AvgIpc) is 3.40. The number of esters is 2. The van der Waals surface area contributed by atoms with Crippen molar-refractivity contribution >= 4 is 17.9 Å². The van der Waals surface area contributed by atoms with Gasteiger partial charge in [-0.1, -0.05) is 267 Å². The number of hydrogen-bond donors (Lipinski definition) is 0. The molecular formula is C68H123NO8. The Bertz CT molecular complexity index is 1450. The number of allylic oxidation sites excluding steroid dienone is 10. The maximum atomic E-state index is 12.9. The zero-order valence-corrected chi connectivity index (χ0v) is 51.1. The molecule has 0 saturated carbocycles. The van der Waals surface area contributed by atoms with Crippen LogP contribution < -0.4 is 5.11 Å². The van der Waals surface area contributed by atoms with Crippen LogP contribution in [0.4, 0.5) is 0 Å². The van der Waals surface area contributed by atoms with Crippen molar-refractivity contribution in [1.82, 2.24) is 0 Å². The van der Waals surface area contributed by atoms with Crippen LogP contribution in [0.25, 0.3) is 0 Å². The lowest BCUT2D eigenvalue weighted by Gasteiger charge is -2.26. The molecule has 0 amide bonds. The molecular weight excluding hydrogens is 959 g/mol. The number of aliphatic carboxylic acids is 1. The fourth-order valence-electron chi connectivity index (χ4n) is 9.29. The van der Waals surface area contributed by atoms with Crippen LogP contribution in [0, 0.1) is 0 Å². The van der Waals surface area contributed by atoms with Crippen LogP contribution in [0.1, 0.15) is 296 Å². The number of nitrogens with zero attached hydrogens (tertiary/aromatic N) is 1. The minimum Gasteiger partial charge on any atom is -0.545 e. The summed E-state index contributed by atoms with van der Waals surface area (Å²) in [4.78, 5) is 37.4. The number of quaternary nitrogens is 1. The third-order valence-corrected chi connectivity index (χ3v) is 14.2. The number of carboxylic acid groups (broad SMARTS) is 1. The van der Waals surface area contributed by atoms with Crippen LogP contribution in [0.2, 0.25) is 0 Å². The molecule has 0 heterocycles. The highest BCUT2D eigenvalue weighted by Crippen LogP contribution is 2.17. The molecule has 0 saturated heterocycles. The van der Waals surface area contributed by atoms with Gasteiger partial charge in [0.1, 0.15) is 13.2 Å². The summed E-state index contributed by atoms with van der Waals surface area (Å²) in [5.74, 6) is -2.29. The molecule has 77 heavy (non-hydrogen) atoms. The fraction of sp³-hybridized carbons (Fsp3) is 0.809. The second kappa shape index (κ2) is 59.1. The molecule has 0 spiro atoms.